The van der Waals surface area contributed by atoms with E-state index in [9.17, 15) is 9.90 Å². The predicted molar refractivity (Wildman–Crippen MR) is 51.6 cm³/mol. The van der Waals surface area contributed by atoms with Crippen LogP contribution in [0.4, 0.5) is 0 Å². The zero-order valence-corrected chi connectivity index (χ0v) is 9.36. The predicted octanol–water partition coefficient (Wildman–Crippen LogP) is 2.01. The Morgan fingerprint density at radius 2 is 2.15 bits per heavy atom. The van der Waals surface area contributed by atoms with Crippen LogP contribution < -0.4 is 4.74 Å². The summed E-state index contributed by atoms with van der Waals surface area (Å²) >= 11 is 4.11. The highest BCUT2D eigenvalue weighted by Gasteiger charge is 2.22. The summed E-state index contributed by atoms with van der Waals surface area (Å²) in [7, 11) is 2.71. The highest BCUT2D eigenvalue weighted by Crippen LogP contribution is 2.44. The maximum atomic E-state index is 11.1. The van der Waals surface area contributed by atoms with Gasteiger partial charge < -0.3 is 14.6 Å². The molecule has 0 fully saturated rings. The molecule has 0 bridgehead atoms. The van der Waals surface area contributed by atoms with Gasteiger partial charge in [0.25, 0.3) is 0 Å². The quantitative estimate of drug-likeness (QED) is 0.833. The molecule has 0 aliphatic rings. The molecular formula is C7H7BrO4S. The minimum atomic E-state index is -0.577. The average Bonchev–Trinajstić information content (AvgIpc) is 2.43. The number of esters is 1. The number of ether oxygens (including phenoxy) is 2. The van der Waals surface area contributed by atoms with E-state index in [4.69, 9.17) is 4.74 Å². The first-order valence-electron chi connectivity index (χ1n) is 3.25. The van der Waals surface area contributed by atoms with Gasteiger partial charge in [0.05, 0.1) is 14.2 Å². The van der Waals surface area contributed by atoms with Crippen LogP contribution in [0.2, 0.25) is 0 Å². The van der Waals surface area contributed by atoms with Crippen molar-refractivity contribution in [1.82, 2.24) is 0 Å². The van der Waals surface area contributed by atoms with Crippen molar-refractivity contribution in [2.45, 2.75) is 0 Å². The summed E-state index contributed by atoms with van der Waals surface area (Å²) < 4.78 is 9.75. The number of carbonyl (C=O) groups excluding carboxylic acids is 1. The lowest BCUT2D eigenvalue weighted by Crippen LogP contribution is -1.97. The molecule has 0 atom stereocenters. The number of halogens is 1. The first-order valence-corrected chi connectivity index (χ1v) is 4.86. The van der Waals surface area contributed by atoms with E-state index in [0.717, 1.165) is 11.3 Å². The fraction of sp³-hybridized carbons (Fsp3) is 0.286. The molecule has 0 unspecified atom stereocenters. The molecular weight excluding hydrogens is 260 g/mol. The molecule has 13 heavy (non-hydrogen) atoms. The molecule has 1 heterocycles. The summed E-state index contributed by atoms with van der Waals surface area (Å²) in [4.78, 5) is 11.2. The molecule has 0 aliphatic carbocycles. The van der Waals surface area contributed by atoms with Crippen LogP contribution in [0.3, 0.4) is 0 Å². The molecule has 0 amide bonds. The van der Waals surface area contributed by atoms with Crippen LogP contribution in [-0.4, -0.2) is 25.3 Å². The molecule has 4 nitrogen and oxygen atoms in total. The number of rotatable bonds is 2. The molecule has 0 aliphatic heterocycles. The van der Waals surface area contributed by atoms with Gasteiger partial charge in [0.1, 0.15) is 4.47 Å². The van der Waals surface area contributed by atoms with E-state index in [-0.39, 0.29) is 10.6 Å². The van der Waals surface area contributed by atoms with Gasteiger partial charge in [-0.05, 0) is 15.9 Å². The van der Waals surface area contributed by atoms with E-state index in [2.05, 4.69) is 20.7 Å². The van der Waals surface area contributed by atoms with Crippen molar-refractivity contribution in [2.75, 3.05) is 14.2 Å². The van der Waals surface area contributed by atoms with Crippen LogP contribution in [0, 0.1) is 0 Å². The van der Waals surface area contributed by atoms with Gasteiger partial charge >= 0.3 is 5.97 Å². The molecule has 0 saturated heterocycles. The number of methoxy groups -OCH3 is 2. The van der Waals surface area contributed by atoms with Gasteiger partial charge in [0.15, 0.2) is 15.7 Å². The standard InChI is InChI=1S/C7H7BrO4S/c1-11-6(10)5-4(9)3(8)7(12-2)13-5/h9H,1-2H3. The zero-order valence-electron chi connectivity index (χ0n) is 6.96. The fourth-order valence-corrected chi connectivity index (χ4v) is 2.30. The molecule has 1 rings (SSSR count). The summed E-state index contributed by atoms with van der Waals surface area (Å²) in [6, 6.07) is 0. The molecule has 6 heteroatoms. The highest BCUT2D eigenvalue weighted by atomic mass is 79.9. The minimum absolute atomic E-state index is 0.131. The van der Waals surface area contributed by atoms with Gasteiger partial charge in [-0.3, -0.25) is 0 Å². The lowest BCUT2D eigenvalue weighted by Gasteiger charge is -1.93. The minimum Gasteiger partial charge on any atom is -0.505 e. The Morgan fingerprint density at radius 1 is 1.54 bits per heavy atom. The maximum Gasteiger partial charge on any atom is 0.352 e. The van der Waals surface area contributed by atoms with E-state index in [1.165, 1.54) is 14.2 Å². The molecule has 0 spiro atoms. The molecule has 0 radical (unpaired) electrons. The molecule has 1 aromatic rings. The van der Waals surface area contributed by atoms with E-state index in [1.54, 1.807) is 0 Å². The van der Waals surface area contributed by atoms with Crippen molar-refractivity contribution in [2.24, 2.45) is 0 Å². The Balaban J connectivity index is 3.17. The summed E-state index contributed by atoms with van der Waals surface area (Å²) in [5.41, 5.74) is 0. The Labute approximate surface area is 87.2 Å². The van der Waals surface area contributed by atoms with Crippen LogP contribution in [0.15, 0.2) is 4.47 Å². The van der Waals surface area contributed by atoms with E-state index in [0.29, 0.717) is 9.54 Å². The van der Waals surface area contributed by atoms with Crippen molar-refractivity contribution in [3.63, 3.8) is 0 Å². The van der Waals surface area contributed by atoms with Crippen LogP contribution in [0.1, 0.15) is 9.67 Å². The number of carbonyl (C=O) groups is 1. The average molecular weight is 267 g/mol. The van der Waals surface area contributed by atoms with Gasteiger partial charge in [-0.2, -0.15) is 0 Å². The van der Waals surface area contributed by atoms with Gasteiger partial charge in [-0.15, -0.1) is 0 Å². The first-order chi connectivity index (χ1) is 6.11. The Morgan fingerprint density at radius 3 is 2.54 bits per heavy atom. The smallest absolute Gasteiger partial charge is 0.352 e. The van der Waals surface area contributed by atoms with Crippen LogP contribution in [0.5, 0.6) is 10.8 Å². The van der Waals surface area contributed by atoms with Crippen LogP contribution in [-0.2, 0) is 4.74 Å². The van der Waals surface area contributed by atoms with E-state index >= 15 is 0 Å². The number of hydrogen-bond acceptors (Lipinski definition) is 5. The van der Waals surface area contributed by atoms with E-state index in [1.807, 2.05) is 0 Å². The first kappa shape index (κ1) is 10.3. The van der Waals surface area contributed by atoms with E-state index < -0.39 is 5.97 Å². The SMILES string of the molecule is COC(=O)c1sc(OC)c(Br)c1O. The Hall–Kier alpha value is -0.750. The van der Waals surface area contributed by atoms with Crippen molar-refractivity contribution in [3.05, 3.63) is 9.35 Å². The van der Waals surface area contributed by atoms with Crippen LogP contribution >= 0.6 is 27.3 Å². The van der Waals surface area contributed by atoms with Crippen molar-refractivity contribution in [3.8, 4) is 10.8 Å². The van der Waals surface area contributed by atoms with Gasteiger partial charge in [-0.25, -0.2) is 4.79 Å². The van der Waals surface area contributed by atoms with Crippen molar-refractivity contribution < 1.29 is 19.4 Å². The normalized spacial score (nSPS) is 9.77. The second kappa shape index (κ2) is 3.97. The van der Waals surface area contributed by atoms with Gasteiger partial charge in [-0.1, -0.05) is 11.3 Å². The van der Waals surface area contributed by atoms with Gasteiger partial charge in [0.2, 0.25) is 0 Å². The second-order valence-electron chi connectivity index (χ2n) is 2.08. The molecule has 1 N–H and O–H groups in total. The lowest BCUT2D eigenvalue weighted by molar-refractivity contribution is 0.0603. The van der Waals surface area contributed by atoms with Gasteiger partial charge in [0, 0.05) is 0 Å². The van der Waals surface area contributed by atoms with Crippen molar-refractivity contribution in [1.29, 1.82) is 0 Å². The third-order valence-electron chi connectivity index (χ3n) is 1.35. The third kappa shape index (κ3) is 1.78. The topological polar surface area (TPSA) is 55.8 Å². The molecule has 0 aromatic carbocycles. The third-order valence-corrected chi connectivity index (χ3v) is 3.47. The second-order valence-corrected chi connectivity index (χ2v) is 3.85. The Kier molecular flexibility index (Phi) is 3.16. The largest absolute Gasteiger partial charge is 0.505 e. The Bertz CT molecular complexity index is 333. The van der Waals surface area contributed by atoms with Crippen LogP contribution in [0.25, 0.3) is 0 Å². The molecule has 1 aromatic heterocycles. The summed E-state index contributed by atoms with van der Waals surface area (Å²) in [6.45, 7) is 0. The highest BCUT2D eigenvalue weighted by molar-refractivity contribution is 9.10. The number of aromatic hydroxyl groups is 1. The number of thiophene rings is 1. The lowest BCUT2D eigenvalue weighted by atomic mass is 10.4. The molecule has 72 valence electrons. The fourth-order valence-electron chi connectivity index (χ4n) is 0.745. The maximum absolute atomic E-state index is 11.1. The zero-order chi connectivity index (χ0) is 10.0. The summed E-state index contributed by atoms with van der Waals surface area (Å²) in [5, 5.41) is 9.88. The number of hydrogen-bond donors (Lipinski definition) is 1. The monoisotopic (exact) mass is 266 g/mol. The van der Waals surface area contributed by atoms with Crippen molar-refractivity contribution >= 4 is 33.2 Å². The molecule has 0 saturated carbocycles. The summed E-state index contributed by atoms with van der Waals surface area (Å²) in [6.07, 6.45) is 0. The summed E-state index contributed by atoms with van der Waals surface area (Å²) in [5.74, 6) is -0.722.